The third-order valence-corrected chi connectivity index (χ3v) is 3.34. The first-order chi connectivity index (χ1) is 8.83. The zero-order valence-corrected chi connectivity index (χ0v) is 13.2. The number of methoxy groups -OCH3 is 1. The Kier molecular flexibility index (Phi) is 6.41. The van der Waals surface area contributed by atoms with Crippen LogP contribution in [0.2, 0.25) is 0 Å². The summed E-state index contributed by atoms with van der Waals surface area (Å²) in [5.41, 5.74) is 0.718. The van der Waals surface area contributed by atoms with Crippen LogP contribution in [0.25, 0.3) is 0 Å². The van der Waals surface area contributed by atoms with E-state index in [9.17, 15) is 13.2 Å². The highest BCUT2D eigenvalue weighted by molar-refractivity contribution is 9.11. The summed E-state index contributed by atoms with van der Waals surface area (Å²) in [7, 11) is 1.53. The van der Waals surface area contributed by atoms with E-state index in [-0.39, 0.29) is 13.2 Å². The number of ether oxygens (including phenoxy) is 2. The summed E-state index contributed by atoms with van der Waals surface area (Å²) in [6, 6.07) is 3.52. The van der Waals surface area contributed by atoms with E-state index in [0.29, 0.717) is 5.75 Å². The summed E-state index contributed by atoms with van der Waals surface area (Å²) in [5.74, 6) is 0.627. The Labute approximate surface area is 125 Å². The van der Waals surface area contributed by atoms with Crippen LogP contribution < -0.4 is 10.1 Å². The number of halogens is 5. The molecule has 0 spiro atoms. The molecule has 19 heavy (non-hydrogen) atoms. The first kappa shape index (κ1) is 16.6. The van der Waals surface area contributed by atoms with Crippen molar-refractivity contribution in [2.24, 2.45) is 0 Å². The normalized spacial score (nSPS) is 11.5. The lowest BCUT2D eigenvalue weighted by atomic mass is 10.3. The molecule has 0 aliphatic heterocycles. The molecule has 0 atom stereocenters. The zero-order valence-electron chi connectivity index (χ0n) is 9.98. The molecule has 8 heteroatoms. The van der Waals surface area contributed by atoms with Gasteiger partial charge in [-0.2, -0.15) is 13.2 Å². The predicted octanol–water partition coefficient (Wildman–Crippen LogP) is 4.21. The number of alkyl halides is 3. The van der Waals surface area contributed by atoms with E-state index < -0.39 is 12.8 Å². The van der Waals surface area contributed by atoms with Crippen LogP contribution in [-0.4, -0.2) is 33.0 Å². The Bertz CT molecular complexity index is 427. The fourth-order valence-electron chi connectivity index (χ4n) is 1.27. The smallest absolute Gasteiger partial charge is 0.411 e. The number of anilines is 1. The summed E-state index contributed by atoms with van der Waals surface area (Å²) < 4.78 is 46.7. The first-order valence-corrected chi connectivity index (χ1v) is 6.83. The van der Waals surface area contributed by atoms with Crippen LogP contribution in [0.15, 0.2) is 21.1 Å². The lowest BCUT2D eigenvalue weighted by Gasteiger charge is -2.12. The molecule has 3 nitrogen and oxygen atoms in total. The summed E-state index contributed by atoms with van der Waals surface area (Å²) >= 11 is 6.67. The molecule has 0 unspecified atom stereocenters. The van der Waals surface area contributed by atoms with Crippen molar-refractivity contribution in [1.82, 2.24) is 0 Å². The second-order valence-corrected chi connectivity index (χ2v) is 5.27. The Hall–Kier alpha value is -0.470. The number of benzene rings is 1. The maximum Gasteiger partial charge on any atom is 0.411 e. The van der Waals surface area contributed by atoms with E-state index >= 15 is 0 Å². The van der Waals surface area contributed by atoms with Crippen molar-refractivity contribution < 1.29 is 22.6 Å². The monoisotopic (exact) mass is 405 g/mol. The maximum atomic E-state index is 11.8. The Morgan fingerprint density at radius 2 is 1.89 bits per heavy atom. The molecule has 0 fully saturated rings. The molecule has 108 valence electrons. The van der Waals surface area contributed by atoms with Crippen molar-refractivity contribution in [3.8, 4) is 5.75 Å². The molecule has 0 aliphatic carbocycles. The SMILES string of the molecule is COc1cc(NCCOCC(F)(F)F)c(Br)cc1Br. The largest absolute Gasteiger partial charge is 0.495 e. The van der Waals surface area contributed by atoms with E-state index in [1.165, 1.54) is 7.11 Å². The molecule has 0 aliphatic rings. The number of rotatable bonds is 6. The molecule has 0 saturated heterocycles. The van der Waals surface area contributed by atoms with Gasteiger partial charge in [-0.25, -0.2) is 0 Å². The molecule has 1 aromatic rings. The quantitative estimate of drug-likeness (QED) is 0.718. The van der Waals surface area contributed by atoms with Gasteiger partial charge >= 0.3 is 6.18 Å². The molecular weight excluding hydrogens is 395 g/mol. The van der Waals surface area contributed by atoms with E-state index in [2.05, 4.69) is 41.9 Å². The number of hydrogen-bond donors (Lipinski definition) is 1. The van der Waals surface area contributed by atoms with E-state index in [0.717, 1.165) is 14.6 Å². The molecule has 0 heterocycles. The van der Waals surface area contributed by atoms with Crippen LogP contribution in [0.4, 0.5) is 18.9 Å². The average Bonchev–Trinajstić information content (AvgIpc) is 2.29. The third-order valence-electron chi connectivity index (χ3n) is 2.07. The van der Waals surface area contributed by atoms with Gasteiger partial charge in [0.1, 0.15) is 12.4 Å². The predicted molar refractivity (Wildman–Crippen MR) is 73.8 cm³/mol. The highest BCUT2D eigenvalue weighted by atomic mass is 79.9. The van der Waals surface area contributed by atoms with Gasteiger partial charge < -0.3 is 14.8 Å². The molecule has 1 rings (SSSR count). The van der Waals surface area contributed by atoms with Crippen molar-refractivity contribution in [1.29, 1.82) is 0 Å². The second-order valence-electron chi connectivity index (χ2n) is 3.56. The van der Waals surface area contributed by atoms with E-state index in [1.807, 2.05) is 0 Å². The highest BCUT2D eigenvalue weighted by Gasteiger charge is 2.27. The average molecular weight is 407 g/mol. The van der Waals surface area contributed by atoms with Crippen LogP contribution in [-0.2, 0) is 4.74 Å². The molecule has 0 bridgehead atoms. The van der Waals surface area contributed by atoms with E-state index in [1.54, 1.807) is 12.1 Å². The van der Waals surface area contributed by atoms with Crippen molar-refractivity contribution in [3.63, 3.8) is 0 Å². The summed E-state index contributed by atoms with van der Waals surface area (Å²) in [6.07, 6.45) is -4.29. The molecule has 1 aromatic carbocycles. The Morgan fingerprint density at radius 1 is 1.21 bits per heavy atom. The second kappa shape index (κ2) is 7.35. The molecular formula is C11H12Br2F3NO2. The van der Waals surface area contributed by atoms with E-state index in [4.69, 9.17) is 4.74 Å². The van der Waals surface area contributed by atoms with Crippen LogP contribution in [0.3, 0.4) is 0 Å². The van der Waals surface area contributed by atoms with Crippen LogP contribution in [0, 0.1) is 0 Å². The maximum absolute atomic E-state index is 11.8. The lowest BCUT2D eigenvalue weighted by molar-refractivity contribution is -0.172. The topological polar surface area (TPSA) is 30.5 Å². The molecule has 0 aromatic heterocycles. The number of hydrogen-bond acceptors (Lipinski definition) is 3. The van der Waals surface area contributed by atoms with Gasteiger partial charge in [0.25, 0.3) is 0 Å². The van der Waals surface area contributed by atoms with Crippen molar-refractivity contribution in [3.05, 3.63) is 21.1 Å². The van der Waals surface area contributed by atoms with Crippen molar-refractivity contribution in [2.45, 2.75) is 6.18 Å². The fraction of sp³-hybridized carbons (Fsp3) is 0.455. The van der Waals surface area contributed by atoms with Crippen LogP contribution >= 0.6 is 31.9 Å². The standard InChI is InChI=1S/C11H12Br2F3NO2/c1-18-10-5-9(7(12)4-8(10)13)17-2-3-19-6-11(14,15)16/h4-5,17H,2-3,6H2,1H3. The van der Waals surface area contributed by atoms with Crippen molar-refractivity contribution >= 4 is 37.5 Å². The van der Waals surface area contributed by atoms with Gasteiger partial charge in [0.2, 0.25) is 0 Å². The van der Waals surface area contributed by atoms with Gasteiger partial charge in [0, 0.05) is 17.1 Å². The van der Waals surface area contributed by atoms with Gasteiger partial charge in [-0.1, -0.05) is 0 Å². The fourth-order valence-corrected chi connectivity index (χ4v) is 2.56. The Morgan fingerprint density at radius 3 is 2.47 bits per heavy atom. The molecule has 0 saturated carbocycles. The van der Waals surface area contributed by atoms with Gasteiger partial charge in [0.15, 0.2) is 0 Å². The molecule has 0 radical (unpaired) electrons. The van der Waals surface area contributed by atoms with Crippen molar-refractivity contribution in [2.75, 3.05) is 32.2 Å². The molecule has 1 N–H and O–H groups in total. The van der Waals surface area contributed by atoms with Crippen LogP contribution in [0.1, 0.15) is 0 Å². The Balaban J connectivity index is 2.45. The summed E-state index contributed by atoms with van der Waals surface area (Å²) in [6.45, 7) is -1.01. The van der Waals surface area contributed by atoms with Gasteiger partial charge in [0.05, 0.1) is 23.9 Å². The minimum atomic E-state index is -4.29. The zero-order chi connectivity index (χ0) is 14.5. The summed E-state index contributed by atoms with van der Waals surface area (Å²) in [5, 5.41) is 2.96. The number of nitrogens with one attached hydrogen (secondary N) is 1. The lowest BCUT2D eigenvalue weighted by Crippen LogP contribution is -2.20. The minimum absolute atomic E-state index is 0.0374. The highest BCUT2D eigenvalue weighted by Crippen LogP contribution is 2.34. The van der Waals surface area contributed by atoms with Gasteiger partial charge in [-0.05, 0) is 37.9 Å². The van der Waals surface area contributed by atoms with Crippen LogP contribution in [0.5, 0.6) is 5.75 Å². The molecule has 0 amide bonds. The van der Waals surface area contributed by atoms with Gasteiger partial charge in [-0.15, -0.1) is 0 Å². The first-order valence-electron chi connectivity index (χ1n) is 5.25. The third kappa shape index (κ3) is 6.01. The van der Waals surface area contributed by atoms with Gasteiger partial charge in [-0.3, -0.25) is 0 Å². The summed E-state index contributed by atoms with van der Waals surface area (Å²) in [4.78, 5) is 0. The minimum Gasteiger partial charge on any atom is -0.495 e.